The van der Waals surface area contributed by atoms with Crippen LogP contribution in [0.5, 0.6) is 0 Å². The van der Waals surface area contributed by atoms with Gasteiger partial charge in [0.15, 0.2) is 17.6 Å². The summed E-state index contributed by atoms with van der Waals surface area (Å²) in [6.45, 7) is -0.0332. The molecule has 3 N–H and O–H groups in total. The fourth-order valence-corrected chi connectivity index (χ4v) is 4.21. The van der Waals surface area contributed by atoms with E-state index < -0.39 is 35.5 Å². The summed E-state index contributed by atoms with van der Waals surface area (Å²) >= 11 is 0. The minimum absolute atomic E-state index is 0.0332. The predicted octanol–water partition coefficient (Wildman–Crippen LogP) is 3.89. The van der Waals surface area contributed by atoms with Crippen LogP contribution in [0.3, 0.4) is 0 Å². The summed E-state index contributed by atoms with van der Waals surface area (Å²) in [5.41, 5.74) is 10.4. The molecule has 2 atom stereocenters. The van der Waals surface area contributed by atoms with E-state index in [1.807, 2.05) is 48.5 Å². The molecule has 0 fully saturated rings. The van der Waals surface area contributed by atoms with E-state index >= 15 is 0 Å². The number of hydrogen-bond acceptors (Lipinski definition) is 4. The highest BCUT2D eigenvalue weighted by Crippen LogP contribution is 2.44. The fourth-order valence-electron chi connectivity index (χ4n) is 4.21. The van der Waals surface area contributed by atoms with Gasteiger partial charge in [0.1, 0.15) is 6.61 Å². The van der Waals surface area contributed by atoms with Crippen LogP contribution in [0.15, 0.2) is 66.7 Å². The number of halogens is 2. The van der Waals surface area contributed by atoms with E-state index in [1.165, 1.54) is 6.07 Å². The third-order valence-electron chi connectivity index (χ3n) is 5.76. The monoisotopic (exact) mass is 437 g/mol. The highest BCUT2D eigenvalue weighted by Gasteiger charge is 2.36. The number of ether oxygens (including phenoxy) is 1. The van der Waals surface area contributed by atoms with Gasteiger partial charge in [0.05, 0.1) is 0 Å². The quantitative estimate of drug-likeness (QED) is 0.432. The van der Waals surface area contributed by atoms with Gasteiger partial charge in [-0.1, -0.05) is 54.6 Å². The number of fused-ring (bicyclic) bond motifs is 3. The lowest BCUT2D eigenvalue weighted by Crippen LogP contribution is -2.43. The van der Waals surface area contributed by atoms with Gasteiger partial charge in [-0.3, -0.25) is 9.59 Å². The Labute approximate surface area is 183 Å². The Hall–Kier alpha value is -3.58. The van der Waals surface area contributed by atoms with Crippen molar-refractivity contribution in [3.63, 3.8) is 0 Å². The number of aliphatic carboxylic acids is 1. The van der Waals surface area contributed by atoms with Gasteiger partial charge in [0.25, 0.3) is 0 Å². The van der Waals surface area contributed by atoms with Crippen molar-refractivity contribution in [2.75, 3.05) is 6.61 Å². The number of benzene rings is 3. The summed E-state index contributed by atoms with van der Waals surface area (Å²) in [6, 6.07) is 17.6. The molecule has 1 aliphatic carbocycles. The average Bonchev–Trinajstić information content (AvgIpc) is 3.08. The lowest BCUT2D eigenvalue weighted by molar-refractivity contribution is -0.159. The lowest BCUT2D eigenvalue weighted by Gasteiger charge is -2.21. The molecule has 0 saturated carbocycles. The van der Waals surface area contributed by atoms with Crippen molar-refractivity contribution in [3.05, 3.63) is 95.1 Å². The Morgan fingerprint density at radius 1 is 0.938 bits per heavy atom. The standard InChI is InChI=1S/C25H21F2NO4/c26-20-10-9-14(11-21(20)27)12-22(28)23(24(29)30)25(31)32-13-19-17-7-3-1-5-15(17)16-6-2-4-8-18(16)19/h1-11,19,22-23H,12-13,28H2,(H,29,30)/t22?,23-/m1/s1. The third kappa shape index (κ3) is 4.11. The Balaban J connectivity index is 1.49. The number of hydrogen-bond donors (Lipinski definition) is 2. The van der Waals surface area contributed by atoms with Crippen LogP contribution in [-0.4, -0.2) is 29.7 Å². The van der Waals surface area contributed by atoms with Gasteiger partial charge in [-0.15, -0.1) is 0 Å². The molecule has 0 amide bonds. The molecule has 0 aromatic heterocycles. The summed E-state index contributed by atoms with van der Waals surface area (Å²) in [5.74, 6) is -6.35. The summed E-state index contributed by atoms with van der Waals surface area (Å²) in [6.07, 6.45) is -0.127. The van der Waals surface area contributed by atoms with Gasteiger partial charge < -0.3 is 15.6 Å². The highest BCUT2D eigenvalue weighted by molar-refractivity contribution is 5.95. The number of carbonyl (C=O) groups is 2. The van der Waals surface area contributed by atoms with Crippen molar-refractivity contribution >= 4 is 11.9 Å². The number of carboxylic acids is 1. The van der Waals surface area contributed by atoms with E-state index in [2.05, 4.69) is 0 Å². The lowest BCUT2D eigenvalue weighted by atomic mass is 9.94. The third-order valence-corrected chi connectivity index (χ3v) is 5.76. The maximum atomic E-state index is 13.5. The molecular formula is C25H21F2NO4. The molecule has 0 aliphatic heterocycles. The first-order valence-electron chi connectivity index (χ1n) is 10.1. The second kappa shape index (κ2) is 8.88. The summed E-state index contributed by atoms with van der Waals surface area (Å²) in [4.78, 5) is 24.5. The number of carboxylic acid groups (broad SMARTS) is 1. The highest BCUT2D eigenvalue weighted by atomic mass is 19.2. The van der Waals surface area contributed by atoms with E-state index in [9.17, 15) is 23.5 Å². The van der Waals surface area contributed by atoms with E-state index in [0.717, 1.165) is 34.4 Å². The SMILES string of the molecule is NC(Cc1ccc(F)c(F)c1)[C@H](C(=O)O)C(=O)OCC1c2ccccc2-c2ccccc21. The van der Waals surface area contributed by atoms with E-state index in [0.29, 0.717) is 0 Å². The first-order valence-corrected chi connectivity index (χ1v) is 10.1. The average molecular weight is 437 g/mol. The van der Waals surface area contributed by atoms with Crippen molar-refractivity contribution in [2.24, 2.45) is 11.7 Å². The van der Waals surface area contributed by atoms with Crippen LogP contribution in [0.25, 0.3) is 11.1 Å². The number of nitrogens with two attached hydrogens (primary N) is 1. The van der Waals surface area contributed by atoms with Crippen LogP contribution < -0.4 is 5.73 Å². The smallest absolute Gasteiger partial charge is 0.321 e. The van der Waals surface area contributed by atoms with Gasteiger partial charge in [-0.05, 0) is 46.4 Å². The van der Waals surface area contributed by atoms with Crippen molar-refractivity contribution in [3.8, 4) is 11.1 Å². The van der Waals surface area contributed by atoms with Crippen molar-refractivity contribution in [2.45, 2.75) is 18.4 Å². The molecule has 5 nitrogen and oxygen atoms in total. The van der Waals surface area contributed by atoms with Gasteiger partial charge in [0, 0.05) is 12.0 Å². The van der Waals surface area contributed by atoms with Gasteiger partial charge in [-0.2, -0.15) is 0 Å². The Morgan fingerprint density at radius 2 is 1.53 bits per heavy atom. The first-order chi connectivity index (χ1) is 15.4. The maximum absolute atomic E-state index is 13.5. The van der Waals surface area contributed by atoms with Crippen molar-refractivity contribution in [1.29, 1.82) is 0 Å². The van der Waals surface area contributed by atoms with Crippen LogP contribution in [0.1, 0.15) is 22.6 Å². The van der Waals surface area contributed by atoms with Crippen LogP contribution in [0, 0.1) is 17.6 Å². The molecule has 1 aliphatic rings. The number of esters is 1. The molecule has 0 radical (unpaired) electrons. The second-order valence-corrected chi connectivity index (χ2v) is 7.79. The topological polar surface area (TPSA) is 89.6 Å². The van der Waals surface area contributed by atoms with Gasteiger partial charge in [0.2, 0.25) is 0 Å². The molecule has 4 rings (SSSR count). The number of carbonyl (C=O) groups excluding carboxylic acids is 1. The number of rotatable bonds is 7. The minimum Gasteiger partial charge on any atom is -0.481 e. The maximum Gasteiger partial charge on any atom is 0.321 e. The first kappa shape index (κ1) is 21.6. The second-order valence-electron chi connectivity index (χ2n) is 7.79. The zero-order chi connectivity index (χ0) is 22.8. The van der Waals surface area contributed by atoms with Crippen LogP contribution in [0.2, 0.25) is 0 Å². The largest absolute Gasteiger partial charge is 0.481 e. The Morgan fingerprint density at radius 3 is 2.09 bits per heavy atom. The zero-order valence-electron chi connectivity index (χ0n) is 17.0. The summed E-state index contributed by atoms with van der Waals surface area (Å²) in [7, 11) is 0. The predicted molar refractivity (Wildman–Crippen MR) is 114 cm³/mol. The molecular weight excluding hydrogens is 416 g/mol. The Kier molecular flexibility index (Phi) is 6.01. The van der Waals surface area contributed by atoms with Crippen LogP contribution in [-0.2, 0) is 20.7 Å². The summed E-state index contributed by atoms with van der Waals surface area (Å²) in [5, 5.41) is 9.58. The molecule has 7 heteroatoms. The zero-order valence-corrected chi connectivity index (χ0v) is 17.0. The van der Waals surface area contributed by atoms with Crippen molar-refractivity contribution < 1.29 is 28.2 Å². The molecule has 0 heterocycles. The van der Waals surface area contributed by atoms with Crippen molar-refractivity contribution in [1.82, 2.24) is 0 Å². The Bertz CT molecular complexity index is 1130. The van der Waals surface area contributed by atoms with Crippen LogP contribution in [0.4, 0.5) is 8.78 Å². The normalized spacial score (nSPS) is 14.3. The van der Waals surface area contributed by atoms with Crippen LogP contribution >= 0.6 is 0 Å². The van der Waals surface area contributed by atoms with E-state index in [4.69, 9.17) is 10.5 Å². The summed E-state index contributed by atoms with van der Waals surface area (Å²) < 4.78 is 32.0. The van der Waals surface area contributed by atoms with E-state index in [1.54, 1.807) is 0 Å². The molecule has 0 spiro atoms. The minimum atomic E-state index is -1.64. The molecule has 0 saturated heterocycles. The fraction of sp³-hybridized carbons (Fsp3) is 0.200. The van der Waals surface area contributed by atoms with E-state index in [-0.39, 0.29) is 24.5 Å². The molecule has 1 unspecified atom stereocenters. The molecule has 32 heavy (non-hydrogen) atoms. The molecule has 164 valence electrons. The molecule has 3 aromatic rings. The molecule has 3 aromatic carbocycles. The van der Waals surface area contributed by atoms with Gasteiger partial charge >= 0.3 is 11.9 Å². The molecule has 0 bridgehead atoms. The van der Waals surface area contributed by atoms with Gasteiger partial charge in [-0.25, -0.2) is 8.78 Å².